The quantitative estimate of drug-likeness (QED) is 0.780. The van der Waals surface area contributed by atoms with Crippen LogP contribution in [0.5, 0.6) is 0 Å². The van der Waals surface area contributed by atoms with Crippen molar-refractivity contribution in [3.8, 4) is 0 Å². The monoisotopic (exact) mass is 253 g/mol. The van der Waals surface area contributed by atoms with E-state index in [1.807, 2.05) is 0 Å². The van der Waals surface area contributed by atoms with E-state index in [1.165, 1.54) is 22.4 Å². The molecule has 2 rings (SSSR count). The van der Waals surface area contributed by atoms with Gasteiger partial charge < -0.3 is 5.32 Å². The van der Waals surface area contributed by atoms with Crippen LogP contribution in [-0.4, -0.2) is 0 Å². The molecule has 0 spiro atoms. The summed E-state index contributed by atoms with van der Waals surface area (Å²) in [5, 5.41) is 3.57. The largest absolute Gasteiger partial charge is 0.379 e. The topological polar surface area (TPSA) is 12.0 Å². The number of rotatable bonds is 4. The molecule has 1 nitrogen and oxygen atoms in total. The lowest BCUT2D eigenvalue weighted by Gasteiger charge is -2.18. The second-order valence-electron chi connectivity index (χ2n) is 5.50. The molecular weight excluding hydrogens is 230 g/mol. The Morgan fingerprint density at radius 1 is 0.842 bits per heavy atom. The minimum Gasteiger partial charge on any atom is -0.379 e. The summed E-state index contributed by atoms with van der Waals surface area (Å²) in [5.74, 6) is 0.586. The Kier molecular flexibility index (Phi) is 4.26. The third-order valence-corrected chi connectivity index (χ3v) is 3.62. The third-order valence-electron chi connectivity index (χ3n) is 3.62. The molecule has 0 fully saturated rings. The normalized spacial score (nSPS) is 12.5. The van der Waals surface area contributed by atoms with Gasteiger partial charge in [-0.25, -0.2) is 0 Å². The molecule has 0 aromatic heterocycles. The van der Waals surface area contributed by atoms with Crippen molar-refractivity contribution in [3.05, 3.63) is 65.2 Å². The third kappa shape index (κ3) is 3.37. The first-order valence-electron chi connectivity index (χ1n) is 7.00. The average molecular weight is 253 g/mol. The molecule has 0 bridgehead atoms. The molecule has 0 aliphatic heterocycles. The molecule has 0 saturated carbocycles. The molecule has 2 aromatic carbocycles. The van der Waals surface area contributed by atoms with Crippen LogP contribution in [0.1, 0.15) is 49.4 Å². The molecule has 1 heteroatoms. The van der Waals surface area contributed by atoms with E-state index in [2.05, 4.69) is 81.5 Å². The fourth-order valence-electron chi connectivity index (χ4n) is 2.36. The van der Waals surface area contributed by atoms with Crippen LogP contribution in [0, 0.1) is 6.92 Å². The second-order valence-corrected chi connectivity index (χ2v) is 5.50. The minimum absolute atomic E-state index is 0.325. The lowest BCUT2D eigenvalue weighted by atomic mass is 10.0. The number of aryl methyl sites for hydroxylation is 1. The van der Waals surface area contributed by atoms with E-state index in [-0.39, 0.29) is 0 Å². The summed E-state index contributed by atoms with van der Waals surface area (Å²) in [7, 11) is 0. The van der Waals surface area contributed by atoms with Gasteiger partial charge in [0.1, 0.15) is 0 Å². The van der Waals surface area contributed by atoms with Gasteiger partial charge in [0.2, 0.25) is 0 Å². The summed E-state index contributed by atoms with van der Waals surface area (Å²) in [6.45, 7) is 8.81. The van der Waals surface area contributed by atoms with Crippen molar-refractivity contribution in [2.45, 2.75) is 39.7 Å². The van der Waals surface area contributed by atoms with Gasteiger partial charge in [0.25, 0.3) is 0 Å². The standard InChI is InChI=1S/C18H23N/c1-13(2)16-9-11-17(12-10-16)19-15(4)18-8-6-5-7-14(18)3/h5-13,15,19H,1-4H3. The van der Waals surface area contributed by atoms with Gasteiger partial charge in [-0.3, -0.25) is 0 Å². The zero-order chi connectivity index (χ0) is 13.8. The fraction of sp³-hybridized carbons (Fsp3) is 0.333. The van der Waals surface area contributed by atoms with E-state index in [0.717, 1.165) is 0 Å². The number of anilines is 1. The van der Waals surface area contributed by atoms with Crippen LogP contribution in [0.25, 0.3) is 0 Å². The highest BCUT2D eigenvalue weighted by atomic mass is 14.9. The highest BCUT2D eigenvalue weighted by Crippen LogP contribution is 2.23. The molecule has 2 aromatic rings. The van der Waals surface area contributed by atoms with Crippen LogP contribution >= 0.6 is 0 Å². The zero-order valence-electron chi connectivity index (χ0n) is 12.3. The maximum atomic E-state index is 3.57. The Morgan fingerprint density at radius 2 is 1.47 bits per heavy atom. The first-order chi connectivity index (χ1) is 9.08. The molecule has 1 unspecified atom stereocenters. The molecule has 0 heterocycles. The van der Waals surface area contributed by atoms with Crippen molar-refractivity contribution in [2.75, 3.05) is 5.32 Å². The Morgan fingerprint density at radius 3 is 2.05 bits per heavy atom. The summed E-state index contributed by atoms with van der Waals surface area (Å²) in [4.78, 5) is 0. The van der Waals surface area contributed by atoms with Crippen molar-refractivity contribution in [2.24, 2.45) is 0 Å². The molecule has 0 radical (unpaired) electrons. The number of nitrogens with one attached hydrogen (secondary N) is 1. The SMILES string of the molecule is Cc1ccccc1C(C)Nc1ccc(C(C)C)cc1. The Labute approximate surface area is 116 Å². The van der Waals surface area contributed by atoms with Crippen LogP contribution in [0.2, 0.25) is 0 Å². The van der Waals surface area contributed by atoms with E-state index in [9.17, 15) is 0 Å². The van der Waals surface area contributed by atoms with E-state index in [0.29, 0.717) is 12.0 Å². The van der Waals surface area contributed by atoms with Crippen LogP contribution in [0.15, 0.2) is 48.5 Å². The van der Waals surface area contributed by atoms with E-state index < -0.39 is 0 Å². The van der Waals surface area contributed by atoms with Crippen molar-refractivity contribution in [1.82, 2.24) is 0 Å². The van der Waals surface area contributed by atoms with Gasteiger partial charge in [0.05, 0.1) is 0 Å². The van der Waals surface area contributed by atoms with Gasteiger partial charge in [0, 0.05) is 11.7 Å². The van der Waals surface area contributed by atoms with Crippen LogP contribution in [0.3, 0.4) is 0 Å². The zero-order valence-corrected chi connectivity index (χ0v) is 12.3. The molecule has 19 heavy (non-hydrogen) atoms. The lowest BCUT2D eigenvalue weighted by molar-refractivity contribution is 0.860. The van der Waals surface area contributed by atoms with Crippen molar-refractivity contribution < 1.29 is 0 Å². The molecule has 0 aliphatic carbocycles. The lowest BCUT2D eigenvalue weighted by Crippen LogP contribution is -2.08. The van der Waals surface area contributed by atoms with Crippen LogP contribution in [-0.2, 0) is 0 Å². The molecule has 1 N–H and O–H groups in total. The van der Waals surface area contributed by atoms with Gasteiger partial charge >= 0.3 is 0 Å². The van der Waals surface area contributed by atoms with Gasteiger partial charge in [-0.2, -0.15) is 0 Å². The van der Waals surface area contributed by atoms with Crippen molar-refractivity contribution in [1.29, 1.82) is 0 Å². The van der Waals surface area contributed by atoms with Gasteiger partial charge in [-0.1, -0.05) is 50.2 Å². The summed E-state index contributed by atoms with van der Waals surface area (Å²) in [6, 6.07) is 17.6. The first-order valence-corrected chi connectivity index (χ1v) is 7.00. The maximum absolute atomic E-state index is 3.57. The highest BCUT2D eigenvalue weighted by molar-refractivity contribution is 5.47. The summed E-state index contributed by atoms with van der Waals surface area (Å²) < 4.78 is 0. The molecule has 0 saturated heterocycles. The minimum atomic E-state index is 0.325. The van der Waals surface area contributed by atoms with E-state index in [1.54, 1.807) is 0 Å². The fourth-order valence-corrected chi connectivity index (χ4v) is 2.36. The number of hydrogen-bond acceptors (Lipinski definition) is 1. The molecule has 0 amide bonds. The first kappa shape index (κ1) is 13.7. The van der Waals surface area contributed by atoms with Crippen LogP contribution in [0.4, 0.5) is 5.69 Å². The average Bonchev–Trinajstić information content (AvgIpc) is 2.39. The second kappa shape index (κ2) is 5.92. The molecular formula is C18H23N. The van der Waals surface area contributed by atoms with E-state index in [4.69, 9.17) is 0 Å². The van der Waals surface area contributed by atoms with Gasteiger partial charge in [-0.15, -0.1) is 0 Å². The summed E-state index contributed by atoms with van der Waals surface area (Å²) >= 11 is 0. The maximum Gasteiger partial charge on any atom is 0.0488 e. The number of hydrogen-bond donors (Lipinski definition) is 1. The van der Waals surface area contributed by atoms with Gasteiger partial charge in [0.15, 0.2) is 0 Å². The predicted molar refractivity (Wildman–Crippen MR) is 83.7 cm³/mol. The van der Waals surface area contributed by atoms with Gasteiger partial charge in [-0.05, 0) is 48.6 Å². The Hall–Kier alpha value is -1.76. The molecule has 1 atom stereocenters. The highest BCUT2D eigenvalue weighted by Gasteiger charge is 2.07. The Bertz CT molecular complexity index is 526. The molecule has 0 aliphatic rings. The van der Waals surface area contributed by atoms with E-state index >= 15 is 0 Å². The predicted octanol–water partition coefficient (Wildman–Crippen LogP) is 5.29. The number of benzene rings is 2. The molecule has 100 valence electrons. The van der Waals surface area contributed by atoms with Crippen LogP contribution < -0.4 is 5.32 Å². The van der Waals surface area contributed by atoms with Crippen molar-refractivity contribution in [3.63, 3.8) is 0 Å². The summed E-state index contributed by atoms with van der Waals surface area (Å²) in [6.07, 6.45) is 0. The Balaban J connectivity index is 2.11. The smallest absolute Gasteiger partial charge is 0.0488 e. The van der Waals surface area contributed by atoms with Crippen molar-refractivity contribution >= 4 is 5.69 Å². The summed E-state index contributed by atoms with van der Waals surface area (Å²) in [5.41, 5.74) is 5.26.